The van der Waals surface area contributed by atoms with Crippen molar-refractivity contribution in [1.82, 2.24) is 5.32 Å². The van der Waals surface area contributed by atoms with Crippen molar-refractivity contribution < 1.29 is 4.79 Å². The van der Waals surface area contributed by atoms with Crippen molar-refractivity contribution in [2.75, 3.05) is 7.05 Å². The topological polar surface area (TPSA) is 29.1 Å². The van der Waals surface area contributed by atoms with Gasteiger partial charge in [0, 0.05) is 22.1 Å². The normalized spacial score (nSPS) is 11.3. The first-order valence-electron chi connectivity index (χ1n) is 4.40. The second kappa shape index (κ2) is 5.33. The maximum absolute atomic E-state index is 11.3. The fourth-order valence-electron chi connectivity index (χ4n) is 1.11. The molecule has 0 saturated carbocycles. The molecule has 1 rings (SSSR count). The molecule has 1 amide bonds. The van der Waals surface area contributed by atoms with E-state index in [4.69, 9.17) is 11.6 Å². The van der Waals surface area contributed by atoms with E-state index in [0.29, 0.717) is 10.6 Å². The molecule has 0 atom stereocenters. The molecule has 2 nitrogen and oxygen atoms in total. The third kappa shape index (κ3) is 3.36. The molecule has 0 radical (unpaired) electrons. The van der Waals surface area contributed by atoms with Gasteiger partial charge in [0.05, 0.1) is 0 Å². The van der Waals surface area contributed by atoms with Crippen LogP contribution in [0.4, 0.5) is 0 Å². The summed E-state index contributed by atoms with van der Waals surface area (Å²) >= 11 is 9.20. The van der Waals surface area contributed by atoms with E-state index in [-0.39, 0.29) is 5.91 Å². The number of hydrogen-bond donors (Lipinski definition) is 1. The Balaban J connectivity index is 3.03. The van der Waals surface area contributed by atoms with Gasteiger partial charge < -0.3 is 5.32 Å². The lowest BCUT2D eigenvalue weighted by Crippen LogP contribution is -2.18. The first-order valence-corrected chi connectivity index (χ1v) is 5.57. The molecule has 0 spiro atoms. The summed E-state index contributed by atoms with van der Waals surface area (Å²) in [4.78, 5) is 11.3. The molecule has 0 aliphatic carbocycles. The smallest absolute Gasteiger partial charge is 0.246 e. The number of rotatable bonds is 2. The van der Waals surface area contributed by atoms with Gasteiger partial charge in [-0.25, -0.2) is 0 Å². The van der Waals surface area contributed by atoms with Crippen LogP contribution in [0.3, 0.4) is 0 Å². The van der Waals surface area contributed by atoms with Gasteiger partial charge in [0.1, 0.15) is 0 Å². The Morgan fingerprint density at radius 1 is 1.53 bits per heavy atom. The van der Waals surface area contributed by atoms with Crippen LogP contribution in [0.1, 0.15) is 12.5 Å². The molecule has 0 fully saturated rings. The molecule has 15 heavy (non-hydrogen) atoms. The summed E-state index contributed by atoms with van der Waals surface area (Å²) < 4.78 is 0.873. The summed E-state index contributed by atoms with van der Waals surface area (Å²) in [5, 5.41) is 3.23. The van der Waals surface area contributed by atoms with E-state index in [1.165, 1.54) is 0 Å². The standard InChI is InChI=1S/C11H11BrClNO/c1-7(11(15)14-2)5-8-3-4-9(13)6-10(8)12/h3-6H,1-2H3,(H,14,15)/b7-5+. The molecule has 0 saturated heterocycles. The Morgan fingerprint density at radius 3 is 2.73 bits per heavy atom. The number of carbonyl (C=O) groups is 1. The van der Waals surface area contributed by atoms with Gasteiger partial charge in [-0.2, -0.15) is 0 Å². The average molecular weight is 289 g/mol. The fourth-order valence-corrected chi connectivity index (χ4v) is 1.91. The SMILES string of the molecule is CNC(=O)/C(C)=C/c1ccc(Cl)cc1Br. The van der Waals surface area contributed by atoms with E-state index in [0.717, 1.165) is 10.0 Å². The summed E-state index contributed by atoms with van der Waals surface area (Å²) in [5.41, 5.74) is 1.58. The van der Waals surface area contributed by atoms with Gasteiger partial charge in [-0.05, 0) is 30.7 Å². The maximum atomic E-state index is 11.3. The minimum atomic E-state index is -0.0862. The molecule has 0 bridgehead atoms. The van der Waals surface area contributed by atoms with Crippen molar-refractivity contribution in [3.63, 3.8) is 0 Å². The van der Waals surface area contributed by atoms with Crippen LogP contribution in [0.5, 0.6) is 0 Å². The van der Waals surface area contributed by atoms with Crippen molar-refractivity contribution in [3.8, 4) is 0 Å². The molecule has 1 aromatic carbocycles. The van der Waals surface area contributed by atoms with Gasteiger partial charge in [-0.1, -0.05) is 33.6 Å². The monoisotopic (exact) mass is 287 g/mol. The molecule has 0 aliphatic heterocycles. The van der Waals surface area contributed by atoms with Crippen LogP contribution in [0.25, 0.3) is 6.08 Å². The minimum Gasteiger partial charge on any atom is -0.355 e. The number of likely N-dealkylation sites (N-methyl/N-ethyl adjacent to an activating group) is 1. The number of benzene rings is 1. The predicted octanol–water partition coefficient (Wildman–Crippen LogP) is 3.25. The number of nitrogens with one attached hydrogen (secondary N) is 1. The van der Waals surface area contributed by atoms with Crippen LogP contribution >= 0.6 is 27.5 Å². The van der Waals surface area contributed by atoms with Gasteiger partial charge in [0.2, 0.25) is 5.91 Å². The Hall–Kier alpha value is -0.800. The summed E-state index contributed by atoms with van der Waals surface area (Å²) in [6, 6.07) is 5.44. The second-order valence-corrected chi connectivity index (χ2v) is 4.36. The van der Waals surface area contributed by atoms with Crippen LogP contribution in [0.15, 0.2) is 28.2 Å². The Kier molecular flexibility index (Phi) is 4.36. The quantitative estimate of drug-likeness (QED) is 0.832. The molecular formula is C11H11BrClNO. The Labute approximate surface area is 102 Å². The highest BCUT2D eigenvalue weighted by atomic mass is 79.9. The molecule has 80 valence electrons. The lowest BCUT2D eigenvalue weighted by molar-refractivity contribution is -0.116. The third-order valence-electron chi connectivity index (χ3n) is 1.92. The number of amides is 1. The van der Waals surface area contributed by atoms with Crippen LogP contribution < -0.4 is 5.32 Å². The largest absolute Gasteiger partial charge is 0.355 e. The molecule has 0 aromatic heterocycles. The highest BCUT2D eigenvalue weighted by Gasteiger charge is 2.03. The second-order valence-electron chi connectivity index (χ2n) is 3.07. The molecule has 1 N–H and O–H groups in total. The van der Waals surface area contributed by atoms with Crippen molar-refractivity contribution in [2.45, 2.75) is 6.92 Å². The van der Waals surface area contributed by atoms with Crippen molar-refractivity contribution in [1.29, 1.82) is 0 Å². The fraction of sp³-hybridized carbons (Fsp3) is 0.182. The van der Waals surface area contributed by atoms with E-state index in [1.54, 1.807) is 32.2 Å². The molecule has 1 aromatic rings. The van der Waals surface area contributed by atoms with Crippen LogP contribution in [-0.2, 0) is 4.79 Å². The van der Waals surface area contributed by atoms with Gasteiger partial charge in [-0.3, -0.25) is 4.79 Å². The van der Waals surface area contributed by atoms with Gasteiger partial charge in [0.15, 0.2) is 0 Å². The highest BCUT2D eigenvalue weighted by molar-refractivity contribution is 9.10. The van der Waals surface area contributed by atoms with Crippen molar-refractivity contribution >= 4 is 39.5 Å². The zero-order chi connectivity index (χ0) is 11.4. The van der Waals surface area contributed by atoms with Gasteiger partial charge >= 0.3 is 0 Å². The Morgan fingerprint density at radius 2 is 2.20 bits per heavy atom. The van der Waals surface area contributed by atoms with Crippen LogP contribution in [0.2, 0.25) is 5.02 Å². The highest BCUT2D eigenvalue weighted by Crippen LogP contribution is 2.23. The lowest BCUT2D eigenvalue weighted by atomic mass is 10.1. The number of hydrogen-bond acceptors (Lipinski definition) is 1. The maximum Gasteiger partial charge on any atom is 0.246 e. The van der Waals surface area contributed by atoms with Gasteiger partial charge in [-0.15, -0.1) is 0 Å². The zero-order valence-corrected chi connectivity index (χ0v) is 10.8. The predicted molar refractivity (Wildman–Crippen MR) is 66.9 cm³/mol. The van der Waals surface area contributed by atoms with E-state index in [9.17, 15) is 4.79 Å². The molecule has 0 unspecified atom stereocenters. The van der Waals surface area contributed by atoms with E-state index in [2.05, 4.69) is 21.2 Å². The summed E-state index contributed by atoms with van der Waals surface area (Å²) in [7, 11) is 1.61. The van der Waals surface area contributed by atoms with E-state index >= 15 is 0 Å². The molecule has 4 heteroatoms. The zero-order valence-electron chi connectivity index (χ0n) is 8.47. The van der Waals surface area contributed by atoms with Crippen LogP contribution in [0, 0.1) is 0 Å². The number of carbonyl (C=O) groups excluding carboxylic acids is 1. The van der Waals surface area contributed by atoms with Gasteiger partial charge in [0.25, 0.3) is 0 Å². The third-order valence-corrected chi connectivity index (χ3v) is 2.84. The summed E-state index contributed by atoms with van der Waals surface area (Å²) in [6.45, 7) is 1.76. The van der Waals surface area contributed by atoms with Crippen LogP contribution in [-0.4, -0.2) is 13.0 Å². The van der Waals surface area contributed by atoms with E-state index < -0.39 is 0 Å². The molecular weight excluding hydrogens is 277 g/mol. The first-order chi connectivity index (χ1) is 7.04. The minimum absolute atomic E-state index is 0.0862. The summed E-state index contributed by atoms with van der Waals surface area (Å²) in [5.74, 6) is -0.0862. The van der Waals surface area contributed by atoms with E-state index in [1.807, 2.05) is 6.07 Å². The molecule has 0 heterocycles. The first kappa shape index (κ1) is 12.3. The summed E-state index contributed by atoms with van der Waals surface area (Å²) in [6.07, 6.45) is 1.80. The average Bonchev–Trinajstić information content (AvgIpc) is 2.20. The Bertz CT molecular complexity index is 415. The number of halogens is 2. The van der Waals surface area contributed by atoms with Crippen molar-refractivity contribution in [2.24, 2.45) is 0 Å². The van der Waals surface area contributed by atoms with Crippen molar-refractivity contribution in [3.05, 3.63) is 38.8 Å². The lowest BCUT2D eigenvalue weighted by Gasteiger charge is -2.02. The molecule has 0 aliphatic rings.